The predicted molar refractivity (Wildman–Crippen MR) is 176 cm³/mol. The van der Waals surface area contributed by atoms with Crippen LogP contribution >= 0.6 is 0 Å². The Morgan fingerprint density at radius 1 is 0.852 bits per heavy atom. The second kappa shape index (κ2) is 14.2. The van der Waals surface area contributed by atoms with Crippen LogP contribution < -0.4 is 0 Å². The van der Waals surface area contributed by atoms with Gasteiger partial charge in [0.1, 0.15) is 41.5 Å². The van der Waals surface area contributed by atoms with Gasteiger partial charge in [-0.25, -0.2) is 4.79 Å². The summed E-state index contributed by atoms with van der Waals surface area (Å²) < 4.78 is 47.5. The summed E-state index contributed by atoms with van der Waals surface area (Å²) >= 11 is 0. The molecule has 5 rings (SSSR count). The Morgan fingerprint density at radius 2 is 1.41 bits per heavy atom. The molecule has 18 heteroatoms. The Labute approximate surface area is 310 Å². The largest absolute Gasteiger partial charge is 0.465 e. The van der Waals surface area contributed by atoms with E-state index < -0.39 is 132 Å². The van der Waals surface area contributed by atoms with Crippen molar-refractivity contribution in [2.75, 3.05) is 13.2 Å². The van der Waals surface area contributed by atoms with Crippen LogP contribution in [0.1, 0.15) is 84.3 Å². The molecule has 2 aliphatic heterocycles. The third-order valence-electron chi connectivity index (χ3n) is 11.2. The number of aliphatic hydroxyl groups excluding tert-OH is 1. The number of nitrogens with zero attached hydrogens (tertiary/aromatic N) is 1. The number of aliphatic hydroxyl groups is 2. The van der Waals surface area contributed by atoms with Gasteiger partial charge in [-0.15, -0.1) is 0 Å². The van der Waals surface area contributed by atoms with E-state index >= 15 is 0 Å². The van der Waals surface area contributed by atoms with Crippen LogP contribution in [0.5, 0.6) is 0 Å². The second-order valence-corrected chi connectivity index (χ2v) is 14.7. The van der Waals surface area contributed by atoms with Crippen molar-refractivity contribution >= 4 is 41.8 Å². The van der Waals surface area contributed by atoms with Gasteiger partial charge in [0, 0.05) is 46.7 Å². The summed E-state index contributed by atoms with van der Waals surface area (Å²) in [5.74, 6) is -10.5. The molecule has 2 N–H and O–H groups in total. The van der Waals surface area contributed by atoms with Crippen LogP contribution in [0, 0.1) is 17.3 Å². The van der Waals surface area contributed by atoms with Crippen LogP contribution in [0.2, 0.25) is 0 Å². The number of rotatable bonds is 6. The lowest BCUT2D eigenvalue weighted by Crippen LogP contribution is -2.89. The quantitative estimate of drug-likeness (QED) is 0.295. The molecule has 13 atom stereocenters. The molecule has 4 aliphatic rings. The van der Waals surface area contributed by atoms with Gasteiger partial charge in [-0.1, -0.05) is 13.8 Å². The summed E-state index contributed by atoms with van der Waals surface area (Å²) in [6.07, 6.45) is -10.5. The summed E-state index contributed by atoms with van der Waals surface area (Å²) in [6.45, 7) is 8.75. The number of cyclic esters (lactones) is 1. The van der Waals surface area contributed by atoms with E-state index in [1.807, 2.05) is 0 Å². The topological polar surface area (TPSA) is 247 Å². The number of ether oxygens (including phenoxy) is 8. The van der Waals surface area contributed by atoms with E-state index in [1.54, 1.807) is 6.92 Å². The molecule has 18 nitrogen and oxygen atoms in total. The maximum Gasteiger partial charge on any atom is 0.340 e. The number of esters is 7. The monoisotopic (exact) mass is 763 g/mol. The van der Waals surface area contributed by atoms with Gasteiger partial charge in [-0.2, -0.15) is 0 Å². The van der Waals surface area contributed by atoms with E-state index in [0.29, 0.717) is 0 Å². The molecule has 1 spiro atoms. The molecule has 54 heavy (non-hydrogen) atoms. The van der Waals surface area contributed by atoms with Crippen LogP contribution in [0.4, 0.5) is 0 Å². The zero-order chi connectivity index (χ0) is 40.3. The molecular weight excluding hydrogens is 718 g/mol. The summed E-state index contributed by atoms with van der Waals surface area (Å²) in [7, 11) is 0. The van der Waals surface area contributed by atoms with Crippen LogP contribution in [-0.2, 0) is 66.7 Å². The maximum absolute atomic E-state index is 14.2. The Hall–Kier alpha value is -4.68. The Bertz CT molecular complexity index is 1740. The first-order chi connectivity index (χ1) is 25.1. The fourth-order valence-corrected chi connectivity index (χ4v) is 8.96. The molecule has 3 fully saturated rings. The molecule has 0 aromatic carbocycles. The molecule has 1 saturated heterocycles. The number of fused-ring (bicyclic) bond motifs is 5. The summed E-state index contributed by atoms with van der Waals surface area (Å²) in [6, 6.07) is 2.91. The van der Waals surface area contributed by atoms with Gasteiger partial charge in [-0.05, 0) is 26.0 Å². The Kier molecular flexibility index (Phi) is 10.6. The van der Waals surface area contributed by atoms with Crippen LogP contribution in [0.15, 0.2) is 18.3 Å². The van der Waals surface area contributed by atoms with Gasteiger partial charge in [-0.3, -0.25) is 33.8 Å². The molecule has 0 radical (unpaired) electrons. The molecule has 3 heterocycles. The SMILES string of the molecule is CC(=O)OC[C@@]12[C@H](OC(C)=O)[C@@H](OC(C)=O)[C@@H]3OC(=O)[C@@H](C)[C@H](C)c4ncccc4C(=O)OC[C@]4(C)O[C@@]1([C@H](O)[C@H]4[C@H](OC(C)=O)[C@@H]2OC(C)=O)[C@@]3(C)O. The van der Waals surface area contributed by atoms with Gasteiger partial charge in [0.15, 0.2) is 24.4 Å². The first-order valence-corrected chi connectivity index (χ1v) is 17.3. The third-order valence-corrected chi connectivity index (χ3v) is 11.2. The minimum Gasteiger partial charge on any atom is -0.465 e. The van der Waals surface area contributed by atoms with Gasteiger partial charge in [0.25, 0.3) is 0 Å². The molecule has 2 aliphatic carbocycles. The van der Waals surface area contributed by atoms with E-state index in [2.05, 4.69) is 4.98 Å². The second-order valence-electron chi connectivity index (χ2n) is 14.7. The highest BCUT2D eigenvalue weighted by molar-refractivity contribution is 5.91. The van der Waals surface area contributed by atoms with Crippen molar-refractivity contribution in [3.63, 3.8) is 0 Å². The molecule has 296 valence electrons. The first kappa shape index (κ1) is 40.5. The van der Waals surface area contributed by atoms with Crippen molar-refractivity contribution in [2.24, 2.45) is 17.3 Å². The number of carbonyl (C=O) groups excluding carboxylic acids is 7. The zero-order valence-electron chi connectivity index (χ0n) is 31.3. The zero-order valence-corrected chi connectivity index (χ0v) is 31.3. The van der Waals surface area contributed by atoms with Crippen LogP contribution in [-0.4, -0.2) is 124 Å². The van der Waals surface area contributed by atoms with Crippen molar-refractivity contribution in [2.45, 2.75) is 122 Å². The molecule has 4 bridgehead atoms. The third kappa shape index (κ3) is 6.17. The van der Waals surface area contributed by atoms with Gasteiger partial charge in [0.2, 0.25) is 0 Å². The lowest BCUT2D eigenvalue weighted by molar-refractivity contribution is -0.386. The fourth-order valence-electron chi connectivity index (χ4n) is 8.96. The predicted octanol–water partition coefficient (Wildman–Crippen LogP) is 0.463. The number of aromatic nitrogens is 1. The highest BCUT2D eigenvalue weighted by Gasteiger charge is 2.90. The minimum atomic E-state index is -2.78. The lowest BCUT2D eigenvalue weighted by atomic mass is 9.45. The Morgan fingerprint density at radius 3 is 1.96 bits per heavy atom. The molecule has 0 unspecified atom stereocenters. The maximum atomic E-state index is 14.2. The van der Waals surface area contributed by atoms with Crippen LogP contribution in [0.25, 0.3) is 0 Å². The highest BCUT2D eigenvalue weighted by atomic mass is 16.7. The van der Waals surface area contributed by atoms with Gasteiger partial charge in [0.05, 0.1) is 29.2 Å². The van der Waals surface area contributed by atoms with Crippen molar-refractivity contribution in [3.05, 3.63) is 29.6 Å². The molecule has 0 amide bonds. The van der Waals surface area contributed by atoms with Crippen molar-refractivity contribution in [1.29, 1.82) is 0 Å². The standard InChI is InChI=1S/C36H45NO17/c1-15-16(2)31(44)53-28-26(50-19(5)40)30(52-21(7)42)35(14-47-17(3)38)29(51-20(6)41)25(49-18(4)39)23-27(43)36(35,34(28,9)46)54-33(23,8)13-48-32(45)22-11-10-12-37-24(15)22/h10-12,15-16,23,25-30,43,46H,13-14H2,1-9H3/t15-,16-,23+,25-,26-,27+,28-,29-,30+,33-,34-,35+,36-/m0/s1. The van der Waals surface area contributed by atoms with Gasteiger partial charge >= 0.3 is 41.8 Å². The average molecular weight is 764 g/mol. The molecular formula is C36H45NO17. The number of carbonyl (C=O) groups is 7. The lowest BCUT2D eigenvalue weighted by Gasteiger charge is -2.67. The Balaban J connectivity index is 1.95. The molecule has 1 aromatic rings. The van der Waals surface area contributed by atoms with Gasteiger partial charge < -0.3 is 48.1 Å². The summed E-state index contributed by atoms with van der Waals surface area (Å²) in [5, 5.41) is 25.9. The summed E-state index contributed by atoms with van der Waals surface area (Å²) in [5.41, 5.74) is -9.93. The van der Waals surface area contributed by atoms with Crippen molar-refractivity contribution in [3.8, 4) is 0 Å². The fraction of sp³-hybridized carbons (Fsp3) is 0.667. The van der Waals surface area contributed by atoms with E-state index in [-0.39, 0.29) is 11.3 Å². The van der Waals surface area contributed by atoms with E-state index in [4.69, 9.17) is 37.9 Å². The number of hydrogen-bond donors (Lipinski definition) is 2. The molecule has 2 saturated carbocycles. The van der Waals surface area contributed by atoms with Crippen molar-refractivity contribution in [1.82, 2.24) is 4.98 Å². The van der Waals surface area contributed by atoms with Crippen molar-refractivity contribution < 1.29 is 81.7 Å². The van der Waals surface area contributed by atoms with Crippen LogP contribution in [0.3, 0.4) is 0 Å². The first-order valence-electron chi connectivity index (χ1n) is 17.3. The smallest absolute Gasteiger partial charge is 0.340 e. The molecule has 1 aromatic heterocycles. The van der Waals surface area contributed by atoms with E-state index in [9.17, 15) is 43.8 Å². The normalized spacial score (nSPS) is 39.8. The summed E-state index contributed by atoms with van der Waals surface area (Å²) in [4.78, 5) is 96.9. The number of pyridine rings is 1. The van der Waals surface area contributed by atoms with E-state index in [1.165, 1.54) is 32.2 Å². The minimum absolute atomic E-state index is 0.0246. The number of hydrogen-bond acceptors (Lipinski definition) is 18. The highest BCUT2D eigenvalue weighted by Crippen LogP contribution is 2.69. The van der Waals surface area contributed by atoms with E-state index in [0.717, 1.165) is 41.5 Å². The average Bonchev–Trinajstić information content (AvgIpc) is 3.27.